The number of nitrogens with two attached hydrogens (primary N) is 1. The molecule has 16 heavy (non-hydrogen) atoms. The van der Waals surface area contributed by atoms with Crippen molar-refractivity contribution in [3.8, 4) is 0 Å². The summed E-state index contributed by atoms with van der Waals surface area (Å²) in [6, 6.07) is 0. The van der Waals surface area contributed by atoms with E-state index in [1.165, 1.54) is 0 Å². The largest absolute Gasteiger partial charge is 0.355 e. The van der Waals surface area contributed by atoms with E-state index in [2.05, 4.69) is 33.0 Å². The fourth-order valence-electron chi connectivity index (χ4n) is 2.09. The maximum Gasteiger partial charge on any atom is 0.227 e. The highest BCUT2D eigenvalue weighted by molar-refractivity contribution is 5.82. The Bertz CT molecular complexity index is 196. The molecule has 3 nitrogen and oxygen atoms in total. The van der Waals surface area contributed by atoms with E-state index in [0.717, 1.165) is 32.2 Å². The molecule has 0 heterocycles. The van der Waals surface area contributed by atoms with Crippen LogP contribution in [0.1, 0.15) is 53.4 Å². The second kappa shape index (κ2) is 7.66. The van der Waals surface area contributed by atoms with Crippen LogP contribution >= 0.6 is 0 Å². The van der Waals surface area contributed by atoms with E-state index in [9.17, 15) is 4.79 Å². The minimum Gasteiger partial charge on any atom is -0.355 e. The molecule has 0 saturated heterocycles. The van der Waals surface area contributed by atoms with Crippen molar-refractivity contribution in [2.24, 2.45) is 17.1 Å². The highest BCUT2D eigenvalue weighted by atomic mass is 16.2. The molecule has 96 valence electrons. The van der Waals surface area contributed by atoms with Crippen LogP contribution in [0.5, 0.6) is 0 Å². The quantitative estimate of drug-likeness (QED) is 0.670. The van der Waals surface area contributed by atoms with Crippen LogP contribution in [0.15, 0.2) is 0 Å². The summed E-state index contributed by atoms with van der Waals surface area (Å²) in [5, 5.41) is 3.02. The lowest BCUT2D eigenvalue weighted by molar-refractivity contribution is -0.131. The third-order valence-corrected chi connectivity index (χ3v) is 3.00. The second-order valence-corrected chi connectivity index (χ2v) is 5.09. The molecule has 0 bridgehead atoms. The normalized spacial score (nSPS) is 11.9. The molecule has 1 amide bonds. The van der Waals surface area contributed by atoms with Crippen LogP contribution in [-0.4, -0.2) is 19.0 Å². The molecule has 0 saturated carbocycles. The van der Waals surface area contributed by atoms with Crippen LogP contribution in [0.3, 0.4) is 0 Å². The van der Waals surface area contributed by atoms with Gasteiger partial charge in [0.05, 0.1) is 5.41 Å². The van der Waals surface area contributed by atoms with Crippen molar-refractivity contribution in [3.63, 3.8) is 0 Å². The Morgan fingerprint density at radius 1 is 1.25 bits per heavy atom. The Balaban J connectivity index is 4.52. The average molecular weight is 228 g/mol. The first-order chi connectivity index (χ1) is 7.52. The van der Waals surface area contributed by atoms with Gasteiger partial charge in [-0.25, -0.2) is 0 Å². The molecule has 0 aromatic rings. The fourth-order valence-corrected chi connectivity index (χ4v) is 2.09. The van der Waals surface area contributed by atoms with E-state index < -0.39 is 0 Å². The molecule has 0 fully saturated rings. The van der Waals surface area contributed by atoms with Gasteiger partial charge in [0.25, 0.3) is 0 Å². The number of amides is 1. The average Bonchev–Trinajstić information content (AvgIpc) is 2.25. The van der Waals surface area contributed by atoms with Gasteiger partial charge in [-0.15, -0.1) is 0 Å². The van der Waals surface area contributed by atoms with E-state index in [1.54, 1.807) is 0 Å². The maximum absolute atomic E-state index is 12.2. The van der Waals surface area contributed by atoms with Crippen molar-refractivity contribution < 1.29 is 4.79 Å². The van der Waals surface area contributed by atoms with Gasteiger partial charge < -0.3 is 11.1 Å². The van der Waals surface area contributed by atoms with Crippen LogP contribution in [0.25, 0.3) is 0 Å². The zero-order valence-electron chi connectivity index (χ0n) is 11.3. The summed E-state index contributed by atoms with van der Waals surface area (Å²) in [5.74, 6) is 0.634. The van der Waals surface area contributed by atoms with Crippen LogP contribution in [-0.2, 0) is 4.79 Å². The van der Waals surface area contributed by atoms with Crippen LogP contribution in [0.4, 0.5) is 0 Å². The molecule has 0 aliphatic heterocycles. The first kappa shape index (κ1) is 15.4. The summed E-state index contributed by atoms with van der Waals surface area (Å²) >= 11 is 0. The molecule has 0 radical (unpaired) electrons. The monoisotopic (exact) mass is 228 g/mol. The van der Waals surface area contributed by atoms with Gasteiger partial charge in [-0.1, -0.05) is 40.5 Å². The Morgan fingerprint density at radius 3 is 2.06 bits per heavy atom. The lowest BCUT2D eigenvalue weighted by Gasteiger charge is -2.31. The smallest absolute Gasteiger partial charge is 0.227 e. The van der Waals surface area contributed by atoms with Gasteiger partial charge in [0.15, 0.2) is 0 Å². The van der Waals surface area contributed by atoms with E-state index in [-0.39, 0.29) is 11.3 Å². The first-order valence-electron chi connectivity index (χ1n) is 6.50. The maximum atomic E-state index is 12.2. The second-order valence-electron chi connectivity index (χ2n) is 5.09. The highest BCUT2D eigenvalue weighted by Gasteiger charge is 2.34. The Hall–Kier alpha value is -0.570. The van der Waals surface area contributed by atoms with Gasteiger partial charge in [0.1, 0.15) is 0 Å². The third kappa shape index (κ3) is 4.52. The van der Waals surface area contributed by atoms with Gasteiger partial charge >= 0.3 is 0 Å². The number of hydrogen-bond acceptors (Lipinski definition) is 2. The first-order valence-corrected chi connectivity index (χ1v) is 6.50. The Morgan fingerprint density at radius 2 is 1.75 bits per heavy atom. The zero-order chi connectivity index (χ0) is 12.6. The molecule has 3 heteroatoms. The third-order valence-electron chi connectivity index (χ3n) is 3.00. The molecule has 3 N–H and O–H groups in total. The fraction of sp³-hybridized carbons (Fsp3) is 0.923. The van der Waals surface area contributed by atoms with Crippen LogP contribution < -0.4 is 11.1 Å². The summed E-state index contributed by atoms with van der Waals surface area (Å²) in [6.07, 6.45) is 3.79. The van der Waals surface area contributed by atoms with Crippen molar-refractivity contribution in [1.82, 2.24) is 5.32 Å². The Labute approximate surface area is 100 Å². The van der Waals surface area contributed by atoms with Gasteiger partial charge in [0, 0.05) is 13.1 Å². The van der Waals surface area contributed by atoms with E-state index in [4.69, 9.17) is 5.73 Å². The lowest BCUT2D eigenvalue weighted by Crippen LogP contribution is -2.46. The summed E-state index contributed by atoms with van der Waals surface area (Å²) < 4.78 is 0. The molecular formula is C13H28N2O. The van der Waals surface area contributed by atoms with Gasteiger partial charge in [-0.2, -0.15) is 0 Å². The van der Waals surface area contributed by atoms with Crippen molar-refractivity contribution in [1.29, 1.82) is 0 Å². The number of hydrogen-bond donors (Lipinski definition) is 2. The molecule has 0 aliphatic carbocycles. The molecule has 0 atom stereocenters. The van der Waals surface area contributed by atoms with Gasteiger partial charge in [0.2, 0.25) is 5.91 Å². The number of carbonyl (C=O) groups is 1. The summed E-state index contributed by atoms with van der Waals surface area (Å²) in [7, 11) is 0. The van der Waals surface area contributed by atoms with Crippen molar-refractivity contribution in [2.45, 2.75) is 53.4 Å². The molecule has 0 spiro atoms. The van der Waals surface area contributed by atoms with Crippen molar-refractivity contribution in [2.75, 3.05) is 13.1 Å². The summed E-state index contributed by atoms with van der Waals surface area (Å²) in [4.78, 5) is 12.2. The Kier molecular flexibility index (Phi) is 7.39. The summed E-state index contributed by atoms with van der Waals surface area (Å²) in [6.45, 7) is 9.62. The standard InChI is InChI=1S/C13H28N2O/c1-5-7-13(10-14,8-6-2)12(16)15-9-11(3)4/h11H,5-10,14H2,1-4H3,(H,15,16). The number of nitrogens with one attached hydrogen (secondary N) is 1. The SMILES string of the molecule is CCCC(CN)(CCC)C(=O)NCC(C)C. The van der Waals surface area contributed by atoms with Crippen LogP contribution in [0, 0.1) is 11.3 Å². The topological polar surface area (TPSA) is 55.1 Å². The molecule has 0 unspecified atom stereocenters. The lowest BCUT2D eigenvalue weighted by atomic mass is 9.78. The van der Waals surface area contributed by atoms with Crippen molar-refractivity contribution >= 4 is 5.91 Å². The van der Waals surface area contributed by atoms with Crippen LogP contribution in [0.2, 0.25) is 0 Å². The molecule has 0 aromatic heterocycles. The van der Waals surface area contributed by atoms with Crippen molar-refractivity contribution in [3.05, 3.63) is 0 Å². The summed E-state index contributed by atoms with van der Waals surface area (Å²) in [5.41, 5.74) is 5.49. The highest BCUT2D eigenvalue weighted by Crippen LogP contribution is 2.29. The zero-order valence-corrected chi connectivity index (χ0v) is 11.3. The van der Waals surface area contributed by atoms with E-state index >= 15 is 0 Å². The predicted octanol–water partition coefficient (Wildman–Crippen LogP) is 2.30. The number of rotatable bonds is 8. The van der Waals surface area contributed by atoms with Gasteiger partial charge in [-0.3, -0.25) is 4.79 Å². The molecule has 0 aliphatic rings. The minimum absolute atomic E-state index is 0.146. The molecule has 0 aromatic carbocycles. The predicted molar refractivity (Wildman–Crippen MR) is 69.2 cm³/mol. The van der Waals surface area contributed by atoms with E-state index in [0.29, 0.717) is 12.5 Å². The molecular weight excluding hydrogens is 200 g/mol. The number of carbonyl (C=O) groups excluding carboxylic acids is 1. The van der Waals surface area contributed by atoms with Gasteiger partial charge in [-0.05, 0) is 18.8 Å². The molecule has 0 rings (SSSR count). The minimum atomic E-state index is -0.335. The van der Waals surface area contributed by atoms with E-state index in [1.807, 2.05) is 0 Å².